The highest BCUT2D eigenvalue weighted by Crippen LogP contribution is 2.21. The first-order valence-corrected chi connectivity index (χ1v) is 5.39. The lowest BCUT2D eigenvalue weighted by atomic mass is 10.5. The number of halogens is 1. The fraction of sp³-hybridized carbons (Fsp3) is 0.625. The van der Waals surface area contributed by atoms with Gasteiger partial charge in [-0.15, -0.1) is 0 Å². The minimum absolute atomic E-state index is 0.162. The van der Waals surface area contributed by atoms with Gasteiger partial charge in [-0.2, -0.15) is 4.68 Å². The van der Waals surface area contributed by atoms with E-state index in [1.807, 2.05) is 6.92 Å². The van der Waals surface area contributed by atoms with Crippen molar-refractivity contribution >= 4 is 21.7 Å². The van der Waals surface area contributed by atoms with Crippen molar-refractivity contribution in [1.82, 2.24) is 9.78 Å². The van der Waals surface area contributed by atoms with Crippen LogP contribution in [-0.2, 0) is 11.3 Å². The molecule has 0 N–H and O–H groups in total. The smallest absolute Gasteiger partial charge is 0.379 e. The van der Waals surface area contributed by atoms with Crippen molar-refractivity contribution in [3.8, 4) is 0 Å². The summed E-state index contributed by atoms with van der Waals surface area (Å²) >= 11 is 3.07. The van der Waals surface area contributed by atoms with Crippen LogP contribution < -0.4 is 0 Å². The summed E-state index contributed by atoms with van der Waals surface area (Å²) in [5.74, 6) is -0.162. The van der Waals surface area contributed by atoms with E-state index in [2.05, 4.69) is 21.0 Å². The van der Waals surface area contributed by atoms with Crippen LogP contribution in [0.4, 0.5) is 5.82 Å². The van der Waals surface area contributed by atoms with E-state index in [-0.39, 0.29) is 5.82 Å². The van der Waals surface area contributed by atoms with E-state index < -0.39 is 4.92 Å². The Hall–Kier alpha value is -0.950. The summed E-state index contributed by atoms with van der Waals surface area (Å²) in [6, 6.07) is 0. The van der Waals surface area contributed by atoms with Gasteiger partial charge in [0, 0.05) is 6.61 Å². The molecule has 0 aliphatic heterocycles. The number of rotatable bonds is 6. The van der Waals surface area contributed by atoms with Gasteiger partial charge < -0.3 is 14.9 Å². The molecule has 6 nitrogen and oxygen atoms in total. The third kappa shape index (κ3) is 3.60. The van der Waals surface area contributed by atoms with Gasteiger partial charge in [-0.3, -0.25) is 0 Å². The molecule has 15 heavy (non-hydrogen) atoms. The SMILES string of the molecule is CCCOCCn1cc(Br)c([N+](=O)[O-])n1. The zero-order valence-electron chi connectivity index (χ0n) is 8.35. The molecule has 1 heterocycles. The molecule has 0 saturated carbocycles. The summed E-state index contributed by atoms with van der Waals surface area (Å²) in [6.45, 7) is 3.76. The Balaban J connectivity index is 2.48. The first-order valence-electron chi connectivity index (χ1n) is 4.60. The maximum atomic E-state index is 10.5. The van der Waals surface area contributed by atoms with Crippen molar-refractivity contribution in [3.63, 3.8) is 0 Å². The van der Waals surface area contributed by atoms with Crippen LogP contribution in [0.15, 0.2) is 10.7 Å². The summed E-state index contributed by atoms with van der Waals surface area (Å²) in [4.78, 5) is 9.96. The van der Waals surface area contributed by atoms with Crippen molar-refractivity contribution in [2.75, 3.05) is 13.2 Å². The van der Waals surface area contributed by atoms with Crippen LogP contribution in [0.2, 0.25) is 0 Å². The van der Waals surface area contributed by atoms with E-state index in [0.717, 1.165) is 6.42 Å². The first kappa shape index (κ1) is 12.1. The molecule has 0 bridgehead atoms. The van der Waals surface area contributed by atoms with Gasteiger partial charge >= 0.3 is 5.82 Å². The predicted molar refractivity (Wildman–Crippen MR) is 57.7 cm³/mol. The lowest BCUT2D eigenvalue weighted by Crippen LogP contribution is -2.07. The van der Waals surface area contributed by atoms with E-state index in [0.29, 0.717) is 24.2 Å². The van der Waals surface area contributed by atoms with Gasteiger partial charge in [0.1, 0.15) is 4.47 Å². The largest absolute Gasteiger partial charge is 0.404 e. The van der Waals surface area contributed by atoms with Gasteiger partial charge in [0.2, 0.25) is 0 Å². The minimum Gasteiger partial charge on any atom is -0.379 e. The minimum atomic E-state index is -0.520. The summed E-state index contributed by atoms with van der Waals surface area (Å²) in [6.07, 6.45) is 2.54. The van der Waals surface area contributed by atoms with E-state index in [1.165, 1.54) is 4.68 Å². The zero-order valence-corrected chi connectivity index (χ0v) is 9.94. The Morgan fingerprint density at radius 2 is 2.40 bits per heavy atom. The summed E-state index contributed by atoms with van der Waals surface area (Å²) < 4.78 is 7.14. The molecule has 84 valence electrons. The second-order valence-corrected chi connectivity index (χ2v) is 3.79. The molecule has 0 aliphatic carbocycles. The molecule has 7 heteroatoms. The Morgan fingerprint density at radius 3 is 2.93 bits per heavy atom. The lowest BCUT2D eigenvalue weighted by molar-refractivity contribution is -0.390. The predicted octanol–water partition coefficient (Wildman–Crippen LogP) is 1.98. The number of ether oxygens (including phenoxy) is 1. The summed E-state index contributed by atoms with van der Waals surface area (Å²) in [7, 11) is 0. The van der Waals surface area contributed by atoms with E-state index in [4.69, 9.17) is 4.74 Å². The Bertz CT molecular complexity index is 340. The Morgan fingerprint density at radius 1 is 1.67 bits per heavy atom. The van der Waals surface area contributed by atoms with Crippen molar-refractivity contribution in [2.24, 2.45) is 0 Å². The van der Waals surface area contributed by atoms with Gasteiger partial charge in [-0.1, -0.05) is 6.92 Å². The second kappa shape index (κ2) is 5.82. The number of hydrogen-bond donors (Lipinski definition) is 0. The fourth-order valence-corrected chi connectivity index (χ4v) is 1.49. The third-order valence-electron chi connectivity index (χ3n) is 1.69. The molecule has 0 saturated heterocycles. The molecule has 1 rings (SSSR count). The average Bonchev–Trinajstić information content (AvgIpc) is 2.55. The molecule has 1 aromatic rings. The monoisotopic (exact) mass is 277 g/mol. The van der Waals surface area contributed by atoms with E-state index in [9.17, 15) is 10.1 Å². The second-order valence-electron chi connectivity index (χ2n) is 2.93. The molecule has 1 aromatic heterocycles. The van der Waals surface area contributed by atoms with E-state index in [1.54, 1.807) is 6.20 Å². The number of hydrogen-bond acceptors (Lipinski definition) is 4. The highest BCUT2D eigenvalue weighted by atomic mass is 79.9. The Labute approximate surface area is 95.5 Å². The van der Waals surface area contributed by atoms with Crippen LogP contribution in [-0.4, -0.2) is 27.9 Å². The summed E-state index contributed by atoms with van der Waals surface area (Å²) in [5, 5.41) is 14.3. The Kier molecular flexibility index (Phi) is 4.70. The topological polar surface area (TPSA) is 70.2 Å². The standard InChI is InChI=1S/C8H12BrN3O3/c1-2-4-15-5-3-11-6-7(9)8(10-11)12(13)14/h6H,2-5H2,1H3. The van der Waals surface area contributed by atoms with Crippen LogP contribution in [0.1, 0.15) is 13.3 Å². The van der Waals surface area contributed by atoms with Crippen molar-refractivity contribution < 1.29 is 9.66 Å². The highest BCUT2D eigenvalue weighted by Gasteiger charge is 2.17. The van der Waals surface area contributed by atoms with Crippen LogP contribution in [0.5, 0.6) is 0 Å². The molecule has 0 fully saturated rings. The molecular weight excluding hydrogens is 266 g/mol. The quantitative estimate of drug-likeness (QED) is 0.453. The maximum absolute atomic E-state index is 10.5. The number of nitrogens with zero attached hydrogens (tertiary/aromatic N) is 3. The normalized spacial score (nSPS) is 10.5. The molecule has 0 aliphatic rings. The molecule has 0 aromatic carbocycles. The highest BCUT2D eigenvalue weighted by molar-refractivity contribution is 9.10. The molecule has 0 spiro atoms. The number of nitro groups is 1. The van der Waals surface area contributed by atoms with Crippen molar-refractivity contribution in [2.45, 2.75) is 19.9 Å². The zero-order chi connectivity index (χ0) is 11.3. The van der Waals surface area contributed by atoms with Crippen molar-refractivity contribution in [1.29, 1.82) is 0 Å². The van der Waals surface area contributed by atoms with Crippen molar-refractivity contribution in [3.05, 3.63) is 20.8 Å². The summed E-state index contributed by atoms with van der Waals surface area (Å²) in [5.41, 5.74) is 0. The molecule has 0 atom stereocenters. The maximum Gasteiger partial charge on any atom is 0.404 e. The lowest BCUT2D eigenvalue weighted by Gasteiger charge is -1.99. The number of aromatic nitrogens is 2. The molecule has 0 amide bonds. The molecule has 0 radical (unpaired) electrons. The fourth-order valence-electron chi connectivity index (χ4n) is 1.03. The first-order chi connectivity index (χ1) is 7.15. The van der Waals surface area contributed by atoms with Crippen LogP contribution in [0.25, 0.3) is 0 Å². The van der Waals surface area contributed by atoms with Crippen LogP contribution >= 0.6 is 15.9 Å². The van der Waals surface area contributed by atoms with Gasteiger partial charge in [0.15, 0.2) is 0 Å². The van der Waals surface area contributed by atoms with E-state index >= 15 is 0 Å². The van der Waals surface area contributed by atoms with Gasteiger partial charge in [-0.25, -0.2) is 0 Å². The third-order valence-corrected chi connectivity index (χ3v) is 2.24. The van der Waals surface area contributed by atoms with Gasteiger partial charge in [-0.05, 0) is 27.3 Å². The van der Waals surface area contributed by atoms with Gasteiger partial charge in [0.05, 0.1) is 24.4 Å². The van der Waals surface area contributed by atoms with Crippen LogP contribution in [0, 0.1) is 10.1 Å². The van der Waals surface area contributed by atoms with Gasteiger partial charge in [0.25, 0.3) is 0 Å². The van der Waals surface area contributed by atoms with Crippen LogP contribution in [0.3, 0.4) is 0 Å². The average molecular weight is 278 g/mol. The molecular formula is C8H12BrN3O3. The molecule has 0 unspecified atom stereocenters.